The van der Waals surface area contributed by atoms with E-state index in [0.29, 0.717) is 12.6 Å². The van der Waals surface area contributed by atoms with Crippen LogP contribution < -0.4 is 15.4 Å². The molecule has 0 aromatic heterocycles. The van der Waals surface area contributed by atoms with Crippen molar-refractivity contribution in [1.29, 1.82) is 5.26 Å². The Morgan fingerprint density at radius 2 is 1.72 bits per heavy atom. The van der Waals surface area contributed by atoms with Crippen molar-refractivity contribution < 1.29 is 9.53 Å². The van der Waals surface area contributed by atoms with Crippen LogP contribution in [0.1, 0.15) is 102 Å². The quantitative estimate of drug-likeness (QED) is 0.389. The van der Waals surface area contributed by atoms with E-state index in [0.717, 1.165) is 29.7 Å². The molecular weight excluding hydrogens is 398 g/mol. The first-order chi connectivity index (χ1) is 15.5. The van der Waals surface area contributed by atoms with Gasteiger partial charge in [0.15, 0.2) is 0 Å². The van der Waals surface area contributed by atoms with Gasteiger partial charge in [0.25, 0.3) is 5.91 Å². The fourth-order valence-corrected chi connectivity index (χ4v) is 4.33. The van der Waals surface area contributed by atoms with Crippen LogP contribution in [0.5, 0.6) is 5.75 Å². The summed E-state index contributed by atoms with van der Waals surface area (Å²) < 4.78 is 5.72. The van der Waals surface area contributed by atoms with Crippen LogP contribution in [0.2, 0.25) is 0 Å². The Bertz CT molecular complexity index is 770. The molecule has 0 heterocycles. The topological polar surface area (TPSA) is 74.1 Å². The molecule has 0 bridgehead atoms. The van der Waals surface area contributed by atoms with Gasteiger partial charge in [0, 0.05) is 17.8 Å². The second-order valence-corrected chi connectivity index (χ2v) is 8.96. The highest BCUT2D eigenvalue weighted by Gasteiger charge is 2.18. The lowest BCUT2D eigenvalue weighted by atomic mass is 9.98. The molecule has 0 radical (unpaired) electrons. The van der Waals surface area contributed by atoms with E-state index in [4.69, 9.17) is 4.74 Å². The zero-order chi connectivity index (χ0) is 23.2. The maximum atomic E-state index is 12.8. The van der Waals surface area contributed by atoms with Crippen LogP contribution in [0.15, 0.2) is 30.0 Å². The number of amides is 1. The average Bonchev–Trinajstić information content (AvgIpc) is 2.77. The first-order valence-electron chi connectivity index (χ1n) is 12.5. The van der Waals surface area contributed by atoms with Gasteiger partial charge in [-0.25, -0.2) is 0 Å². The van der Waals surface area contributed by atoms with Crippen molar-refractivity contribution in [3.05, 3.63) is 41.1 Å². The Kier molecular flexibility index (Phi) is 11.7. The fraction of sp³-hybridized carbons (Fsp3) is 0.630. The lowest BCUT2D eigenvalue weighted by molar-refractivity contribution is -0.117. The molecule has 2 rings (SSSR count). The molecular formula is C27H41N3O2. The van der Waals surface area contributed by atoms with Gasteiger partial charge in [-0.15, -0.1) is 0 Å². The van der Waals surface area contributed by atoms with Crippen LogP contribution in [0, 0.1) is 18.3 Å². The van der Waals surface area contributed by atoms with Crippen molar-refractivity contribution in [3.63, 3.8) is 0 Å². The van der Waals surface area contributed by atoms with E-state index >= 15 is 0 Å². The number of benzene rings is 1. The predicted octanol–water partition coefficient (Wildman–Crippen LogP) is 6.24. The summed E-state index contributed by atoms with van der Waals surface area (Å²) >= 11 is 0. The third kappa shape index (κ3) is 8.94. The van der Waals surface area contributed by atoms with Gasteiger partial charge in [-0.1, -0.05) is 75.5 Å². The van der Waals surface area contributed by atoms with Gasteiger partial charge >= 0.3 is 0 Å². The molecule has 1 aromatic rings. The molecule has 1 aliphatic carbocycles. The third-order valence-electron chi connectivity index (χ3n) is 6.21. The van der Waals surface area contributed by atoms with Gasteiger partial charge in [-0.05, 0) is 39.7 Å². The lowest BCUT2D eigenvalue weighted by Gasteiger charge is -2.20. The second kappa shape index (κ2) is 14.6. The minimum absolute atomic E-state index is 0.119. The molecule has 5 nitrogen and oxygen atoms in total. The normalized spacial score (nSPS) is 17.9. The third-order valence-corrected chi connectivity index (χ3v) is 6.21. The maximum absolute atomic E-state index is 12.8. The van der Waals surface area contributed by atoms with E-state index in [-0.39, 0.29) is 17.5 Å². The fourth-order valence-electron chi connectivity index (χ4n) is 4.33. The van der Waals surface area contributed by atoms with Crippen molar-refractivity contribution in [3.8, 4) is 11.8 Å². The maximum Gasteiger partial charge on any atom is 0.263 e. The minimum atomic E-state index is -0.357. The van der Waals surface area contributed by atoms with Crippen molar-refractivity contribution in [1.82, 2.24) is 10.6 Å². The molecule has 1 amide bonds. The molecule has 32 heavy (non-hydrogen) atoms. The summed E-state index contributed by atoms with van der Waals surface area (Å²) in [5.74, 6) is 0.407. The lowest BCUT2D eigenvalue weighted by Crippen LogP contribution is -2.30. The number of nitrogens with one attached hydrogen (secondary N) is 2. The largest absolute Gasteiger partial charge is 0.494 e. The molecule has 176 valence electrons. The SMILES string of the molecule is CCOc1ccc(C)cc1C(C)NC(=O)/C(C#N)=C\NC1CCCCCCCCCCC1. The van der Waals surface area contributed by atoms with E-state index in [1.54, 1.807) is 6.20 Å². The summed E-state index contributed by atoms with van der Waals surface area (Å²) in [6.45, 7) is 6.44. The van der Waals surface area contributed by atoms with Crippen LogP contribution in [-0.4, -0.2) is 18.6 Å². The number of rotatable bonds is 7. The Morgan fingerprint density at radius 1 is 1.12 bits per heavy atom. The van der Waals surface area contributed by atoms with E-state index in [2.05, 4.69) is 16.7 Å². The molecule has 1 fully saturated rings. The van der Waals surface area contributed by atoms with Crippen LogP contribution in [0.25, 0.3) is 0 Å². The summed E-state index contributed by atoms with van der Waals surface area (Å²) in [7, 11) is 0. The van der Waals surface area contributed by atoms with Crippen molar-refractivity contribution >= 4 is 5.91 Å². The van der Waals surface area contributed by atoms with Crippen molar-refractivity contribution in [2.75, 3.05) is 6.61 Å². The molecule has 5 heteroatoms. The van der Waals surface area contributed by atoms with Gasteiger partial charge in [0.2, 0.25) is 0 Å². The zero-order valence-corrected chi connectivity index (χ0v) is 20.2. The number of hydrogen-bond acceptors (Lipinski definition) is 4. The first kappa shape index (κ1) is 25.8. The smallest absolute Gasteiger partial charge is 0.263 e. The molecule has 1 unspecified atom stereocenters. The minimum Gasteiger partial charge on any atom is -0.494 e. The summed E-state index contributed by atoms with van der Waals surface area (Å²) in [5, 5.41) is 16.0. The van der Waals surface area contributed by atoms with Crippen LogP contribution >= 0.6 is 0 Å². The summed E-state index contributed by atoms with van der Waals surface area (Å²) in [5.41, 5.74) is 2.14. The van der Waals surface area contributed by atoms with Gasteiger partial charge in [-0.2, -0.15) is 5.26 Å². The van der Waals surface area contributed by atoms with Gasteiger partial charge in [-0.3, -0.25) is 4.79 Å². The summed E-state index contributed by atoms with van der Waals surface area (Å²) in [6, 6.07) is 8.09. The molecule has 0 aliphatic heterocycles. The molecule has 0 spiro atoms. The standard InChI is InChI=1S/C27H41N3O2/c1-4-32-26-17-16-21(2)18-25(26)22(3)30-27(31)23(19-28)20-29-24-14-12-10-8-6-5-7-9-11-13-15-24/h16-18,20,22,24,29H,4-15H2,1-3H3,(H,30,31)/b23-20-. The van der Waals surface area contributed by atoms with Gasteiger partial charge in [0.1, 0.15) is 17.4 Å². The first-order valence-corrected chi connectivity index (χ1v) is 12.5. The van der Waals surface area contributed by atoms with E-state index in [9.17, 15) is 10.1 Å². The molecule has 1 aliphatic rings. The van der Waals surface area contributed by atoms with Crippen LogP contribution in [-0.2, 0) is 4.79 Å². The zero-order valence-electron chi connectivity index (χ0n) is 20.2. The Hall–Kier alpha value is -2.48. The highest BCUT2D eigenvalue weighted by atomic mass is 16.5. The van der Waals surface area contributed by atoms with Crippen molar-refractivity contribution in [2.45, 2.75) is 103 Å². The average molecular weight is 440 g/mol. The highest BCUT2D eigenvalue weighted by Crippen LogP contribution is 2.26. The molecule has 1 atom stereocenters. The van der Waals surface area contributed by atoms with Crippen LogP contribution in [0.3, 0.4) is 0 Å². The Labute approximate surface area is 194 Å². The summed E-state index contributed by atoms with van der Waals surface area (Å²) in [6.07, 6.45) is 15.4. The highest BCUT2D eigenvalue weighted by molar-refractivity contribution is 5.97. The predicted molar refractivity (Wildman–Crippen MR) is 130 cm³/mol. The molecule has 0 saturated heterocycles. The number of carbonyl (C=O) groups is 1. The number of hydrogen-bond donors (Lipinski definition) is 2. The molecule has 1 saturated carbocycles. The monoisotopic (exact) mass is 439 g/mol. The number of nitrogens with zero attached hydrogens (tertiary/aromatic N) is 1. The number of carbonyl (C=O) groups excluding carboxylic acids is 1. The van der Waals surface area contributed by atoms with Crippen LogP contribution in [0.4, 0.5) is 0 Å². The Balaban J connectivity index is 1.99. The number of ether oxygens (including phenoxy) is 1. The number of aryl methyl sites for hydroxylation is 1. The van der Waals surface area contributed by atoms with E-state index < -0.39 is 0 Å². The number of nitriles is 1. The van der Waals surface area contributed by atoms with Gasteiger partial charge in [0.05, 0.1) is 12.6 Å². The van der Waals surface area contributed by atoms with Crippen molar-refractivity contribution in [2.24, 2.45) is 0 Å². The van der Waals surface area contributed by atoms with Gasteiger partial charge < -0.3 is 15.4 Å². The van der Waals surface area contributed by atoms with E-state index in [1.165, 1.54) is 57.8 Å². The summed E-state index contributed by atoms with van der Waals surface area (Å²) in [4.78, 5) is 12.8. The molecule has 1 aromatic carbocycles. The molecule has 2 N–H and O–H groups in total. The second-order valence-electron chi connectivity index (χ2n) is 8.96. The van der Waals surface area contributed by atoms with E-state index in [1.807, 2.05) is 39.0 Å². The Morgan fingerprint density at radius 3 is 2.28 bits per heavy atom.